The van der Waals surface area contributed by atoms with Gasteiger partial charge in [-0.2, -0.15) is 0 Å². The van der Waals surface area contributed by atoms with Crippen LogP contribution in [0.1, 0.15) is 13.3 Å². The maximum absolute atomic E-state index is 12.2. The first-order valence-electron chi connectivity index (χ1n) is 7.29. The molecule has 0 aliphatic heterocycles. The van der Waals surface area contributed by atoms with E-state index in [1.165, 1.54) is 0 Å². The summed E-state index contributed by atoms with van der Waals surface area (Å²) in [6, 6.07) is 16.6. The quantitative estimate of drug-likeness (QED) is 0.824. The number of hydrogen-bond acceptors (Lipinski definition) is 3. The third kappa shape index (κ3) is 4.40. The zero-order chi connectivity index (χ0) is 16.0. The van der Waals surface area contributed by atoms with E-state index in [-0.39, 0.29) is 17.4 Å². The van der Waals surface area contributed by atoms with E-state index in [4.69, 9.17) is 5.11 Å². The third-order valence-corrected chi connectivity index (χ3v) is 4.95. The van der Waals surface area contributed by atoms with Gasteiger partial charge in [-0.15, -0.1) is 0 Å². The molecule has 2 rings (SSSR count). The summed E-state index contributed by atoms with van der Waals surface area (Å²) >= 11 is 0. The highest BCUT2D eigenvalue weighted by molar-refractivity contribution is 7.89. The van der Waals surface area contributed by atoms with E-state index in [2.05, 4.69) is 4.72 Å². The first kappa shape index (κ1) is 16.7. The maximum atomic E-state index is 12.2. The summed E-state index contributed by atoms with van der Waals surface area (Å²) in [5.41, 5.74) is 2.03. The van der Waals surface area contributed by atoms with Gasteiger partial charge in [0.05, 0.1) is 4.90 Å². The molecular formula is C17H21NO3S. The van der Waals surface area contributed by atoms with Gasteiger partial charge >= 0.3 is 0 Å². The van der Waals surface area contributed by atoms with Crippen LogP contribution in [0, 0.1) is 5.92 Å². The van der Waals surface area contributed by atoms with Crippen molar-refractivity contribution in [2.75, 3.05) is 13.2 Å². The van der Waals surface area contributed by atoms with Gasteiger partial charge in [0, 0.05) is 13.2 Å². The summed E-state index contributed by atoms with van der Waals surface area (Å²) in [5.74, 6) is 0.100. The van der Waals surface area contributed by atoms with Crippen molar-refractivity contribution in [2.24, 2.45) is 5.92 Å². The lowest BCUT2D eigenvalue weighted by Gasteiger charge is -2.12. The minimum absolute atomic E-state index is 0.0642. The molecule has 0 fully saturated rings. The van der Waals surface area contributed by atoms with Crippen LogP contribution in [0.25, 0.3) is 11.1 Å². The highest BCUT2D eigenvalue weighted by Crippen LogP contribution is 2.21. The fraction of sp³-hybridized carbons (Fsp3) is 0.294. The lowest BCUT2D eigenvalue weighted by molar-refractivity contribution is 0.263. The Bertz CT molecular complexity index is 682. The normalized spacial score (nSPS) is 13.0. The van der Waals surface area contributed by atoms with Crippen LogP contribution in [-0.2, 0) is 10.0 Å². The number of aliphatic hydroxyl groups excluding tert-OH is 1. The van der Waals surface area contributed by atoms with Gasteiger partial charge < -0.3 is 5.11 Å². The van der Waals surface area contributed by atoms with Gasteiger partial charge in [-0.1, -0.05) is 49.4 Å². The lowest BCUT2D eigenvalue weighted by atomic mass is 10.1. The molecule has 1 atom stereocenters. The number of hydrogen-bond donors (Lipinski definition) is 2. The minimum atomic E-state index is -3.50. The summed E-state index contributed by atoms with van der Waals surface area (Å²) in [6.45, 7) is 2.29. The van der Waals surface area contributed by atoms with Gasteiger partial charge in [0.1, 0.15) is 0 Å². The topological polar surface area (TPSA) is 66.4 Å². The Kier molecular flexibility index (Phi) is 5.71. The van der Waals surface area contributed by atoms with Crippen LogP contribution in [0.2, 0.25) is 0 Å². The van der Waals surface area contributed by atoms with Crippen molar-refractivity contribution in [3.8, 4) is 11.1 Å². The Morgan fingerprint density at radius 3 is 2.18 bits per heavy atom. The van der Waals surface area contributed by atoms with Gasteiger partial charge in [0.25, 0.3) is 0 Å². The predicted octanol–water partition coefficient (Wildman–Crippen LogP) is 2.65. The predicted molar refractivity (Wildman–Crippen MR) is 87.9 cm³/mol. The Morgan fingerprint density at radius 2 is 1.59 bits per heavy atom. The fourth-order valence-corrected chi connectivity index (χ4v) is 3.28. The van der Waals surface area contributed by atoms with Crippen LogP contribution in [0.15, 0.2) is 59.5 Å². The zero-order valence-electron chi connectivity index (χ0n) is 12.6. The van der Waals surface area contributed by atoms with Crippen LogP contribution >= 0.6 is 0 Å². The summed E-state index contributed by atoms with van der Waals surface area (Å²) in [4.78, 5) is 0.253. The molecule has 0 amide bonds. The molecule has 2 aromatic rings. The second-order valence-electron chi connectivity index (χ2n) is 5.36. The van der Waals surface area contributed by atoms with Crippen LogP contribution in [0.3, 0.4) is 0 Å². The number of sulfonamides is 1. The van der Waals surface area contributed by atoms with E-state index >= 15 is 0 Å². The van der Waals surface area contributed by atoms with Crippen molar-refractivity contribution in [1.82, 2.24) is 4.72 Å². The van der Waals surface area contributed by atoms with Crippen molar-refractivity contribution in [3.05, 3.63) is 54.6 Å². The van der Waals surface area contributed by atoms with Crippen molar-refractivity contribution in [3.63, 3.8) is 0 Å². The number of aliphatic hydroxyl groups is 1. The Balaban J connectivity index is 2.09. The average molecular weight is 319 g/mol. The highest BCUT2D eigenvalue weighted by atomic mass is 32.2. The van der Waals surface area contributed by atoms with E-state index in [1.54, 1.807) is 24.3 Å². The first-order valence-corrected chi connectivity index (χ1v) is 8.77. The van der Waals surface area contributed by atoms with Gasteiger partial charge in [-0.25, -0.2) is 13.1 Å². The van der Waals surface area contributed by atoms with E-state index < -0.39 is 10.0 Å². The second-order valence-corrected chi connectivity index (χ2v) is 7.13. The zero-order valence-corrected chi connectivity index (χ0v) is 13.4. The summed E-state index contributed by atoms with van der Waals surface area (Å²) in [5, 5.41) is 8.84. The molecule has 22 heavy (non-hydrogen) atoms. The van der Waals surface area contributed by atoms with Gasteiger partial charge in [-0.05, 0) is 35.6 Å². The molecule has 0 aliphatic rings. The monoisotopic (exact) mass is 319 g/mol. The molecule has 0 aromatic heterocycles. The molecule has 4 nitrogen and oxygen atoms in total. The molecule has 1 unspecified atom stereocenters. The van der Waals surface area contributed by atoms with Crippen molar-refractivity contribution < 1.29 is 13.5 Å². The van der Waals surface area contributed by atoms with Crippen LogP contribution < -0.4 is 4.72 Å². The Morgan fingerprint density at radius 1 is 1.00 bits per heavy atom. The van der Waals surface area contributed by atoms with E-state index in [0.717, 1.165) is 11.1 Å². The SMILES string of the molecule is CC(CCO)CNS(=O)(=O)c1ccc(-c2ccccc2)cc1. The molecule has 5 heteroatoms. The molecule has 0 saturated carbocycles. The third-order valence-electron chi connectivity index (χ3n) is 3.52. The average Bonchev–Trinajstić information content (AvgIpc) is 2.54. The molecule has 0 heterocycles. The van der Waals surface area contributed by atoms with Crippen LogP contribution in [0.5, 0.6) is 0 Å². The van der Waals surface area contributed by atoms with Gasteiger partial charge in [0.15, 0.2) is 0 Å². The molecule has 2 aromatic carbocycles. The van der Waals surface area contributed by atoms with Gasteiger partial charge in [0.2, 0.25) is 10.0 Å². The van der Waals surface area contributed by atoms with Crippen LogP contribution in [0.4, 0.5) is 0 Å². The van der Waals surface area contributed by atoms with E-state index in [1.807, 2.05) is 37.3 Å². The molecule has 118 valence electrons. The number of rotatable bonds is 7. The molecule has 0 bridgehead atoms. The fourth-order valence-electron chi connectivity index (χ4n) is 2.11. The molecule has 0 aliphatic carbocycles. The molecule has 0 spiro atoms. The summed E-state index contributed by atoms with van der Waals surface area (Å²) < 4.78 is 27.0. The van der Waals surface area contributed by atoms with Crippen molar-refractivity contribution in [2.45, 2.75) is 18.2 Å². The van der Waals surface area contributed by atoms with Crippen LogP contribution in [-0.4, -0.2) is 26.7 Å². The van der Waals surface area contributed by atoms with Gasteiger partial charge in [-0.3, -0.25) is 0 Å². The number of nitrogens with one attached hydrogen (secondary N) is 1. The number of benzene rings is 2. The second kappa shape index (κ2) is 7.54. The Labute approximate surface area is 131 Å². The molecule has 2 N–H and O–H groups in total. The van der Waals surface area contributed by atoms with Crippen molar-refractivity contribution >= 4 is 10.0 Å². The smallest absolute Gasteiger partial charge is 0.240 e. The molecule has 0 saturated heterocycles. The highest BCUT2D eigenvalue weighted by Gasteiger charge is 2.15. The maximum Gasteiger partial charge on any atom is 0.240 e. The largest absolute Gasteiger partial charge is 0.396 e. The molecular weight excluding hydrogens is 298 g/mol. The lowest BCUT2D eigenvalue weighted by Crippen LogP contribution is -2.28. The standard InChI is InChI=1S/C17H21NO3S/c1-14(11-12-19)13-18-22(20,21)17-9-7-16(8-10-17)15-5-3-2-4-6-15/h2-10,14,18-19H,11-13H2,1H3. The van der Waals surface area contributed by atoms with E-state index in [9.17, 15) is 8.42 Å². The Hall–Kier alpha value is -1.69. The minimum Gasteiger partial charge on any atom is -0.396 e. The van der Waals surface area contributed by atoms with E-state index in [0.29, 0.717) is 13.0 Å². The summed E-state index contributed by atoms with van der Waals surface area (Å²) in [7, 11) is -3.50. The van der Waals surface area contributed by atoms with Crippen molar-refractivity contribution in [1.29, 1.82) is 0 Å². The summed E-state index contributed by atoms with van der Waals surface area (Å²) in [6.07, 6.45) is 0.579. The molecule has 0 radical (unpaired) electrons. The first-order chi connectivity index (χ1) is 10.5.